The molecule has 0 fully saturated rings. The molecule has 3 rings (SSSR count). The maximum Gasteiger partial charge on any atom is 0.341 e. The van der Waals surface area contributed by atoms with E-state index in [0.29, 0.717) is 18.2 Å². The summed E-state index contributed by atoms with van der Waals surface area (Å²) in [7, 11) is 0. The highest BCUT2D eigenvalue weighted by molar-refractivity contribution is 9.10. The Morgan fingerprint density at radius 3 is 2.54 bits per heavy atom. The van der Waals surface area contributed by atoms with Gasteiger partial charge in [0.1, 0.15) is 0 Å². The fraction of sp³-hybridized carbons (Fsp3) is 0.111. The smallest absolute Gasteiger partial charge is 0.341 e. The Morgan fingerprint density at radius 1 is 1.12 bits per heavy atom. The van der Waals surface area contributed by atoms with E-state index in [9.17, 15) is 4.79 Å². The summed E-state index contributed by atoms with van der Waals surface area (Å²) in [5, 5.41) is 11.9. The Bertz CT molecular complexity index is 889. The number of pyridine rings is 1. The minimum absolute atomic E-state index is 0.188. The van der Waals surface area contributed by atoms with Crippen LogP contribution in [0.5, 0.6) is 5.88 Å². The molecular formula is C18H15BrN4O3. The van der Waals surface area contributed by atoms with Gasteiger partial charge in [-0.2, -0.15) is 4.98 Å². The van der Waals surface area contributed by atoms with E-state index in [-0.39, 0.29) is 5.88 Å². The summed E-state index contributed by atoms with van der Waals surface area (Å²) in [6, 6.07) is 13.1. The lowest BCUT2D eigenvalue weighted by Gasteiger charge is -2.10. The van der Waals surface area contributed by atoms with Crippen LogP contribution in [0.25, 0.3) is 11.3 Å². The molecule has 8 heteroatoms. The van der Waals surface area contributed by atoms with Gasteiger partial charge in [-0.25, -0.2) is 9.78 Å². The van der Waals surface area contributed by atoms with Crippen LogP contribution in [0.15, 0.2) is 59.3 Å². The molecule has 0 saturated heterocycles. The van der Waals surface area contributed by atoms with Gasteiger partial charge in [0, 0.05) is 35.0 Å². The third kappa shape index (κ3) is 5.00. The summed E-state index contributed by atoms with van der Waals surface area (Å²) >= 11 is 3.40. The molecule has 0 amide bonds. The molecule has 26 heavy (non-hydrogen) atoms. The number of aliphatic carboxylic acids is 1. The van der Waals surface area contributed by atoms with Crippen LogP contribution in [0.1, 0.15) is 5.56 Å². The minimum atomic E-state index is -1.07. The summed E-state index contributed by atoms with van der Waals surface area (Å²) in [6.07, 6.45) is 3.31. The molecule has 2 aromatic heterocycles. The van der Waals surface area contributed by atoms with E-state index in [4.69, 9.17) is 9.84 Å². The fourth-order valence-corrected chi connectivity index (χ4v) is 2.43. The maximum absolute atomic E-state index is 10.8. The van der Waals surface area contributed by atoms with Gasteiger partial charge in [0.25, 0.3) is 0 Å². The zero-order valence-corrected chi connectivity index (χ0v) is 15.2. The molecule has 132 valence electrons. The van der Waals surface area contributed by atoms with Gasteiger partial charge in [-0.05, 0) is 29.8 Å². The molecule has 3 aromatic rings. The number of hydrogen-bond donors (Lipinski definition) is 2. The molecule has 0 atom stereocenters. The lowest BCUT2D eigenvalue weighted by Crippen LogP contribution is -2.12. The first-order valence-electron chi connectivity index (χ1n) is 7.72. The Morgan fingerprint density at radius 2 is 1.85 bits per heavy atom. The zero-order chi connectivity index (χ0) is 18.4. The molecule has 0 aliphatic heterocycles. The molecule has 0 saturated carbocycles. The van der Waals surface area contributed by atoms with Crippen molar-refractivity contribution in [3.05, 3.63) is 64.9 Å². The molecule has 7 nitrogen and oxygen atoms in total. The van der Waals surface area contributed by atoms with Crippen LogP contribution in [-0.4, -0.2) is 32.6 Å². The Balaban J connectivity index is 1.83. The maximum atomic E-state index is 10.8. The lowest BCUT2D eigenvalue weighted by atomic mass is 10.2. The normalized spacial score (nSPS) is 10.3. The second kappa shape index (κ2) is 8.39. The van der Waals surface area contributed by atoms with Crippen molar-refractivity contribution in [2.75, 3.05) is 11.9 Å². The Hall–Kier alpha value is -3.00. The van der Waals surface area contributed by atoms with Crippen LogP contribution in [0.3, 0.4) is 0 Å². The van der Waals surface area contributed by atoms with Crippen molar-refractivity contribution >= 4 is 27.8 Å². The predicted octanol–water partition coefficient (Wildman–Crippen LogP) is 3.38. The monoisotopic (exact) mass is 414 g/mol. The van der Waals surface area contributed by atoms with Crippen molar-refractivity contribution in [3.8, 4) is 17.1 Å². The first-order chi connectivity index (χ1) is 12.6. The largest absolute Gasteiger partial charge is 0.479 e. The van der Waals surface area contributed by atoms with E-state index >= 15 is 0 Å². The topological polar surface area (TPSA) is 97.2 Å². The minimum Gasteiger partial charge on any atom is -0.479 e. The Kier molecular flexibility index (Phi) is 5.75. The van der Waals surface area contributed by atoms with Gasteiger partial charge in [-0.1, -0.05) is 28.1 Å². The summed E-state index contributed by atoms with van der Waals surface area (Å²) in [6.45, 7) is 0.0460. The number of anilines is 1. The number of nitrogens with zero attached hydrogens (tertiary/aromatic N) is 3. The highest BCUT2D eigenvalue weighted by Crippen LogP contribution is 2.22. The number of benzene rings is 1. The average Bonchev–Trinajstić information content (AvgIpc) is 2.66. The zero-order valence-electron chi connectivity index (χ0n) is 13.6. The van der Waals surface area contributed by atoms with Gasteiger partial charge >= 0.3 is 5.97 Å². The number of carboxylic acid groups (broad SMARTS) is 1. The molecule has 0 radical (unpaired) electrons. The van der Waals surface area contributed by atoms with E-state index in [1.165, 1.54) is 0 Å². The molecule has 0 spiro atoms. The molecular weight excluding hydrogens is 400 g/mol. The number of hydrogen-bond acceptors (Lipinski definition) is 6. The van der Waals surface area contributed by atoms with Crippen molar-refractivity contribution in [3.63, 3.8) is 0 Å². The third-order valence-electron chi connectivity index (χ3n) is 3.39. The first-order valence-corrected chi connectivity index (χ1v) is 8.52. The quantitative estimate of drug-likeness (QED) is 0.611. The Labute approximate surface area is 158 Å². The average molecular weight is 415 g/mol. The summed E-state index contributed by atoms with van der Waals surface area (Å²) in [4.78, 5) is 23.4. The second-order valence-corrected chi connectivity index (χ2v) is 6.23. The highest BCUT2D eigenvalue weighted by Gasteiger charge is 2.09. The molecule has 0 aliphatic carbocycles. The molecule has 0 unspecified atom stereocenters. The molecule has 2 heterocycles. The fourth-order valence-electron chi connectivity index (χ4n) is 2.17. The standard InChI is InChI=1S/C18H15BrN4O3/c19-14-3-1-12(2-4-14)10-21-18-22-15(13-5-7-20-8-6-13)9-16(23-18)26-11-17(24)25/h1-9H,10-11H2,(H,24,25)(H,21,22,23). The van der Waals surface area contributed by atoms with Crippen LogP contribution in [0.4, 0.5) is 5.95 Å². The molecule has 2 N–H and O–H groups in total. The van der Waals surface area contributed by atoms with E-state index in [1.54, 1.807) is 18.5 Å². The van der Waals surface area contributed by atoms with E-state index in [0.717, 1.165) is 15.6 Å². The molecule has 0 bridgehead atoms. The lowest BCUT2D eigenvalue weighted by molar-refractivity contribution is -0.139. The van der Waals surface area contributed by atoms with Crippen molar-refractivity contribution in [1.82, 2.24) is 15.0 Å². The summed E-state index contributed by atoms with van der Waals surface area (Å²) in [5.41, 5.74) is 2.49. The number of halogens is 1. The van der Waals surface area contributed by atoms with Gasteiger partial charge in [0.05, 0.1) is 5.69 Å². The van der Waals surface area contributed by atoms with Crippen LogP contribution in [0, 0.1) is 0 Å². The number of aromatic nitrogens is 3. The number of ether oxygens (including phenoxy) is 1. The second-order valence-electron chi connectivity index (χ2n) is 5.31. The van der Waals surface area contributed by atoms with E-state index in [2.05, 4.69) is 36.2 Å². The third-order valence-corrected chi connectivity index (χ3v) is 3.91. The van der Waals surface area contributed by atoms with Crippen molar-refractivity contribution in [2.24, 2.45) is 0 Å². The predicted molar refractivity (Wildman–Crippen MR) is 99.9 cm³/mol. The van der Waals surface area contributed by atoms with Crippen molar-refractivity contribution in [2.45, 2.75) is 6.54 Å². The van der Waals surface area contributed by atoms with Crippen LogP contribution < -0.4 is 10.1 Å². The van der Waals surface area contributed by atoms with E-state index in [1.807, 2.05) is 36.4 Å². The van der Waals surface area contributed by atoms with Crippen LogP contribution in [-0.2, 0) is 11.3 Å². The van der Waals surface area contributed by atoms with Crippen molar-refractivity contribution < 1.29 is 14.6 Å². The van der Waals surface area contributed by atoms with Crippen LogP contribution >= 0.6 is 15.9 Å². The first kappa shape index (κ1) is 17.8. The SMILES string of the molecule is O=C(O)COc1cc(-c2ccncc2)nc(NCc2ccc(Br)cc2)n1. The summed E-state index contributed by atoms with van der Waals surface area (Å²) in [5.74, 6) is -0.534. The van der Waals surface area contributed by atoms with Gasteiger partial charge in [-0.15, -0.1) is 0 Å². The number of carbonyl (C=O) groups is 1. The van der Waals surface area contributed by atoms with Crippen molar-refractivity contribution in [1.29, 1.82) is 0 Å². The number of carboxylic acids is 1. The van der Waals surface area contributed by atoms with Crippen LogP contribution in [0.2, 0.25) is 0 Å². The van der Waals surface area contributed by atoms with Gasteiger partial charge in [-0.3, -0.25) is 4.98 Å². The highest BCUT2D eigenvalue weighted by atomic mass is 79.9. The van der Waals surface area contributed by atoms with Gasteiger partial charge in [0.2, 0.25) is 11.8 Å². The molecule has 0 aliphatic rings. The number of rotatable bonds is 7. The van der Waals surface area contributed by atoms with E-state index < -0.39 is 12.6 Å². The summed E-state index contributed by atoms with van der Waals surface area (Å²) < 4.78 is 6.23. The number of nitrogens with one attached hydrogen (secondary N) is 1. The molecule has 1 aromatic carbocycles. The van der Waals surface area contributed by atoms with Gasteiger partial charge < -0.3 is 15.2 Å². The van der Waals surface area contributed by atoms with Gasteiger partial charge in [0.15, 0.2) is 6.61 Å².